The van der Waals surface area contributed by atoms with Crippen molar-refractivity contribution >= 4 is 11.6 Å². The van der Waals surface area contributed by atoms with Gasteiger partial charge in [-0.15, -0.1) is 10.2 Å². The van der Waals surface area contributed by atoms with Crippen LogP contribution in [-0.2, 0) is 4.79 Å². The number of pyridine rings is 1. The second-order valence-electron chi connectivity index (χ2n) is 4.93. The lowest BCUT2D eigenvalue weighted by Crippen LogP contribution is -2.36. The molecule has 2 heterocycles. The van der Waals surface area contributed by atoms with E-state index in [1.165, 1.54) is 12.8 Å². The highest BCUT2D eigenvalue weighted by Crippen LogP contribution is 2.18. The molecule has 2 N–H and O–H groups in total. The fourth-order valence-electron chi connectivity index (χ4n) is 2.04. The van der Waals surface area contributed by atoms with Crippen molar-refractivity contribution in [3.63, 3.8) is 0 Å². The first kappa shape index (κ1) is 12.1. The highest BCUT2D eigenvalue weighted by Gasteiger charge is 2.22. The molecule has 0 saturated heterocycles. The summed E-state index contributed by atoms with van der Waals surface area (Å²) in [7, 11) is 0. The summed E-state index contributed by atoms with van der Waals surface area (Å²) >= 11 is 0. The maximum absolute atomic E-state index is 11.8. The summed E-state index contributed by atoms with van der Waals surface area (Å²) in [6.45, 7) is 2.28. The first-order chi connectivity index (χ1) is 9.24. The highest BCUT2D eigenvalue weighted by atomic mass is 16.2. The third-order valence-electron chi connectivity index (χ3n) is 3.23. The zero-order chi connectivity index (χ0) is 13.2. The number of nitrogens with one attached hydrogen (secondary N) is 2. The Morgan fingerprint density at radius 1 is 1.47 bits per heavy atom. The van der Waals surface area contributed by atoms with Crippen molar-refractivity contribution in [3.05, 3.63) is 30.2 Å². The van der Waals surface area contributed by atoms with Gasteiger partial charge in [-0.05, 0) is 31.9 Å². The van der Waals surface area contributed by atoms with Gasteiger partial charge >= 0.3 is 0 Å². The van der Waals surface area contributed by atoms with Crippen molar-refractivity contribution in [2.24, 2.45) is 0 Å². The lowest BCUT2D eigenvalue weighted by molar-refractivity contribution is -0.120. The minimum absolute atomic E-state index is 0.00733. The summed E-state index contributed by atoms with van der Waals surface area (Å²) in [5, 5.41) is 14.3. The molecule has 2 aromatic heterocycles. The summed E-state index contributed by atoms with van der Waals surface area (Å²) in [4.78, 5) is 11.8. The number of hydrogen-bond acceptors (Lipinski definition) is 4. The Labute approximate surface area is 111 Å². The zero-order valence-corrected chi connectivity index (χ0v) is 10.8. The predicted octanol–water partition coefficient (Wildman–Crippen LogP) is 0.658. The highest BCUT2D eigenvalue weighted by molar-refractivity contribution is 5.78. The van der Waals surface area contributed by atoms with Gasteiger partial charge in [0.05, 0.1) is 12.6 Å². The molecule has 1 aliphatic carbocycles. The second-order valence-corrected chi connectivity index (χ2v) is 4.93. The molecule has 0 aromatic carbocycles. The summed E-state index contributed by atoms with van der Waals surface area (Å²) in [6.07, 6.45) is 4.26. The Kier molecular flexibility index (Phi) is 3.16. The number of carbonyl (C=O) groups is 1. The minimum atomic E-state index is -0.161. The Bertz CT molecular complexity index is 589. The Morgan fingerprint density at radius 2 is 2.32 bits per heavy atom. The first-order valence-corrected chi connectivity index (χ1v) is 6.56. The van der Waals surface area contributed by atoms with Crippen molar-refractivity contribution in [2.45, 2.75) is 31.8 Å². The maximum Gasteiger partial charge on any atom is 0.234 e. The number of aromatic nitrogens is 3. The van der Waals surface area contributed by atoms with Crippen LogP contribution in [0.1, 0.15) is 31.6 Å². The second kappa shape index (κ2) is 4.97. The summed E-state index contributed by atoms with van der Waals surface area (Å²) < 4.78 is 1.89. The molecule has 1 saturated carbocycles. The van der Waals surface area contributed by atoms with E-state index >= 15 is 0 Å². The molecule has 0 spiro atoms. The van der Waals surface area contributed by atoms with Gasteiger partial charge in [0.25, 0.3) is 0 Å². The molecule has 1 fully saturated rings. The van der Waals surface area contributed by atoms with Crippen LogP contribution in [0.15, 0.2) is 24.4 Å². The van der Waals surface area contributed by atoms with Crippen LogP contribution in [0.2, 0.25) is 0 Å². The monoisotopic (exact) mass is 259 g/mol. The van der Waals surface area contributed by atoms with Crippen LogP contribution in [0.5, 0.6) is 0 Å². The number of fused-ring (bicyclic) bond motifs is 1. The van der Waals surface area contributed by atoms with E-state index in [0.29, 0.717) is 12.6 Å². The van der Waals surface area contributed by atoms with Crippen molar-refractivity contribution in [1.29, 1.82) is 0 Å². The molecule has 6 nitrogen and oxygen atoms in total. The van der Waals surface area contributed by atoms with E-state index in [2.05, 4.69) is 20.8 Å². The van der Waals surface area contributed by atoms with Crippen molar-refractivity contribution < 1.29 is 4.79 Å². The molecule has 0 aliphatic heterocycles. The summed E-state index contributed by atoms with van der Waals surface area (Å²) in [6, 6.07) is 6.10. The third-order valence-corrected chi connectivity index (χ3v) is 3.23. The van der Waals surface area contributed by atoms with Crippen molar-refractivity contribution in [1.82, 2.24) is 25.2 Å². The van der Waals surface area contributed by atoms with Crippen LogP contribution < -0.4 is 10.6 Å². The van der Waals surface area contributed by atoms with Gasteiger partial charge in [-0.1, -0.05) is 6.07 Å². The van der Waals surface area contributed by atoms with Crippen LogP contribution in [0.25, 0.3) is 5.65 Å². The molecular weight excluding hydrogens is 242 g/mol. The molecule has 2 aromatic rings. The van der Waals surface area contributed by atoms with Crippen LogP contribution in [-0.4, -0.2) is 33.1 Å². The standard InChI is InChI=1S/C13H17N5O/c1-9(15-12(19)8-14-10-5-6-10)13-17-16-11-4-2-3-7-18(11)13/h2-4,7,9-10,14H,5-6,8H2,1H3,(H,15,19). The first-order valence-electron chi connectivity index (χ1n) is 6.56. The molecule has 1 unspecified atom stereocenters. The van der Waals surface area contributed by atoms with Crippen molar-refractivity contribution in [2.75, 3.05) is 6.54 Å². The van der Waals surface area contributed by atoms with Gasteiger partial charge in [0.15, 0.2) is 11.5 Å². The number of hydrogen-bond donors (Lipinski definition) is 2. The lowest BCUT2D eigenvalue weighted by atomic mass is 10.3. The van der Waals surface area contributed by atoms with Gasteiger partial charge < -0.3 is 10.6 Å². The molecule has 3 rings (SSSR count). The normalized spacial score (nSPS) is 16.5. The predicted molar refractivity (Wildman–Crippen MR) is 70.6 cm³/mol. The van der Waals surface area contributed by atoms with E-state index in [0.717, 1.165) is 11.5 Å². The Hall–Kier alpha value is -1.95. The number of nitrogens with zero attached hydrogens (tertiary/aromatic N) is 3. The SMILES string of the molecule is CC(NC(=O)CNC1CC1)c1nnc2ccccn12. The van der Waals surface area contributed by atoms with Gasteiger partial charge in [0.2, 0.25) is 5.91 Å². The molecule has 6 heteroatoms. The van der Waals surface area contributed by atoms with E-state index in [-0.39, 0.29) is 11.9 Å². The van der Waals surface area contributed by atoms with Crippen LogP contribution >= 0.6 is 0 Å². The van der Waals surface area contributed by atoms with E-state index < -0.39 is 0 Å². The van der Waals surface area contributed by atoms with Gasteiger partial charge in [0.1, 0.15) is 0 Å². The third kappa shape index (κ3) is 2.73. The summed E-state index contributed by atoms with van der Waals surface area (Å²) in [5.74, 6) is 0.738. The molecular formula is C13H17N5O. The van der Waals surface area contributed by atoms with Gasteiger partial charge in [0, 0.05) is 12.2 Å². The lowest BCUT2D eigenvalue weighted by Gasteiger charge is -2.12. The minimum Gasteiger partial charge on any atom is -0.345 e. The Morgan fingerprint density at radius 3 is 3.11 bits per heavy atom. The van der Waals surface area contributed by atoms with E-state index in [1.54, 1.807) is 0 Å². The topological polar surface area (TPSA) is 71.3 Å². The quantitative estimate of drug-likeness (QED) is 0.827. The molecule has 1 amide bonds. The van der Waals surface area contributed by atoms with Gasteiger partial charge in [-0.3, -0.25) is 9.20 Å². The van der Waals surface area contributed by atoms with Crippen LogP contribution in [0, 0.1) is 0 Å². The fraction of sp³-hybridized carbons (Fsp3) is 0.462. The zero-order valence-electron chi connectivity index (χ0n) is 10.8. The van der Waals surface area contributed by atoms with E-state index in [9.17, 15) is 4.79 Å². The average molecular weight is 259 g/mol. The van der Waals surface area contributed by atoms with Crippen LogP contribution in [0.4, 0.5) is 0 Å². The molecule has 1 atom stereocenters. The molecule has 0 bridgehead atoms. The molecule has 19 heavy (non-hydrogen) atoms. The molecule has 100 valence electrons. The number of carbonyl (C=O) groups excluding carboxylic acids is 1. The average Bonchev–Trinajstić information content (AvgIpc) is 3.14. The summed E-state index contributed by atoms with van der Waals surface area (Å²) in [5.41, 5.74) is 0.787. The Balaban J connectivity index is 1.65. The number of amides is 1. The fourth-order valence-corrected chi connectivity index (χ4v) is 2.04. The van der Waals surface area contributed by atoms with E-state index in [1.807, 2.05) is 35.7 Å². The van der Waals surface area contributed by atoms with Gasteiger partial charge in [-0.25, -0.2) is 0 Å². The van der Waals surface area contributed by atoms with Crippen molar-refractivity contribution in [3.8, 4) is 0 Å². The van der Waals surface area contributed by atoms with Gasteiger partial charge in [-0.2, -0.15) is 0 Å². The smallest absolute Gasteiger partial charge is 0.234 e. The molecule has 0 radical (unpaired) electrons. The largest absolute Gasteiger partial charge is 0.345 e. The maximum atomic E-state index is 11.8. The number of rotatable bonds is 5. The molecule has 1 aliphatic rings. The van der Waals surface area contributed by atoms with E-state index in [4.69, 9.17) is 0 Å². The van der Waals surface area contributed by atoms with Crippen LogP contribution in [0.3, 0.4) is 0 Å².